The molecule has 0 aliphatic rings. The lowest BCUT2D eigenvalue weighted by Gasteiger charge is -2.17. The highest BCUT2D eigenvalue weighted by Gasteiger charge is 2.32. The van der Waals surface area contributed by atoms with Crippen molar-refractivity contribution in [3.63, 3.8) is 0 Å². The van der Waals surface area contributed by atoms with Crippen molar-refractivity contribution in [3.05, 3.63) is 18.0 Å². The van der Waals surface area contributed by atoms with Gasteiger partial charge in [0.15, 0.2) is 0 Å². The SMILES string of the molecule is CC(C)C(CBr)Cn1cc(C(F)(F)F)cn1. The highest BCUT2D eigenvalue weighted by molar-refractivity contribution is 9.09. The first-order valence-electron chi connectivity index (χ1n) is 5.00. The van der Waals surface area contributed by atoms with E-state index in [1.165, 1.54) is 4.68 Å². The summed E-state index contributed by atoms with van der Waals surface area (Å²) >= 11 is 3.36. The molecule has 1 atom stereocenters. The van der Waals surface area contributed by atoms with Crippen molar-refractivity contribution in [2.24, 2.45) is 11.8 Å². The third-order valence-corrected chi connectivity index (χ3v) is 3.35. The van der Waals surface area contributed by atoms with Crippen molar-refractivity contribution >= 4 is 15.9 Å². The van der Waals surface area contributed by atoms with Gasteiger partial charge in [-0.1, -0.05) is 29.8 Å². The second-order valence-corrected chi connectivity index (χ2v) is 4.75. The van der Waals surface area contributed by atoms with Crippen LogP contribution in [0.4, 0.5) is 13.2 Å². The largest absolute Gasteiger partial charge is 0.419 e. The van der Waals surface area contributed by atoms with Crippen LogP contribution in [0, 0.1) is 11.8 Å². The lowest BCUT2D eigenvalue weighted by molar-refractivity contribution is -0.137. The van der Waals surface area contributed by atoms with Crippen LogP contribution in [-0.2, 0) is 12.7 Å². The minimum absolute atomic E-state index is 0.279. The molecule has 0 N–H and O–H groups in total. The Balaban J connectivity index is 2.72. The first-order chi connectivity index (χ1) is 7.34. The van der Waals surface area contributed by atoms with E-state index in [9.17, 15) is 13.2 Å². The number of aromatic nitrogens is 2. The average Bonchev–Trinajstić information content (AvgIpc) is 2.61. The Morgan fingerprint density at radius 3 is 2.44 bits per heavy atom. The summed E-state index contributed by atoms with van der Waals surface area (Å²) in [6.45, 7) is 4.58. The molecule has 16 heavy (non-hydrogen) atoms. The zero-order valence-electron chi connectivity index (χ0n) is 9.13. The number of hydrogen-bond acceptors (Lipinski definition) is 1. The van der Waals surface area contributed by atoms with Crippen LogP contribution in [0.25, 0.3) is 0 Å². The standard InChI is InChI=1S/C10H14BrF3N2/c1-7(2)8(3-11)5-16-6-9(4-15-16)10(12,13)14/h4,6-8H,3,5H2,1-2H3. The minimum atomic E-state index is -4.31. The Morgan fingerprint density at radius 2 is 2.06 bits per heavy atom. The smallest absolute Gasteiger partial charge is 0.272 e. The van der Waals surface area contributed by atoms with Gasteiger partial charge in [-0.2, -0.15) is 18.3 Å². The fraction of sp³-hybridized carbons (Fsp3) is 0.700. The first-order valence-corrected chi connectivity index (χ1v) is 6.12. The van der Waals surface area contributed by atoms with Gasteiger partial charge in [0.1, 0.15) is 0 Å². The third kappa shape index (κ3) is 3.50. The zero-order valence-corrected chi connectivity index (χ0v) is 10.7. The molecule has 0 fully saturated rings. The average molecular weight is 299 g/mol. The van der Waals surface area contributed by atoms with Gasteiger partial charge in [0.2, 0.25) is 0 Å². The van der Waals surface area contributed by atoms with Gasteiger partial charge in [0, 0.05) is 18.1 Å². The molecule has 1 heterocycles. The second-order valence-electron chi connectivity index (χ2n) is 4.11. The normalized spacial score (nSPS) is 14.4. The molecule has 92 valence electrons. The van der Waals surface area contributed by atoms with Crippen LogP contribution in [0.2, 0.25) is 0 Å². The van der Waals surface area contributed by atoms with Crippen LogP contribution in [-0.4, -0.2) is 15.1 Å². The van der Waals surface area contributed by atoms with Crippen LogP contribution < -0.4 is 0 Å². The van der Waals surface area contributed by atoms with Gasteiger partial charge < -0.3 is 0 Å². The maximum atomic E-state index is 12.3. The van der Waals surface area contributed by atoms with Crippen LogP contribution in [0.15, 0.2) is 12.4 Å². The molecule has 0 aliphatic carbocycles. The molecule has 1 unspecified atom stereocenters. The molecule has 2 nitrogen and oxygen atoms in total. The Kier molecular flexibility index (Phi) is 4.41. The number of nitrogens with zero attached hydrogens (tertiary/aromatic N) is 2. The fourth-order valence-electron chi connectivity index (χ4n) is 1.29. The number of rotatable bonds is 4. The van der Waals surface area contributed by atoms with E-state index >= 15 is 0 Å². The van der Waals surface area contributed by atoms with Gasteiger partial charge in [0.05, 0.1) is 11.8 Å². The van der Waals surface area contributed by atoms with Gasteiger partial charge in [-0.3, -0.25) is 4.68 Å². The Hall–Kier alpha value is -0.520. The highest BCUT2D eigenvalue weighted by atomic mass is 79.9. The van der Waals surface area contributed by atoms with Crippen molar-refractivity contribution in [1.29, 1.82) is 0 Å². The monoisotopic (exact) mass is 298 g/mol. The molecule has 0 saturated carbocycles. The topological polar surface area (TPSA) is 17.8 Å². The third-order valence-electron chi connectivity index (χ3n) is 2.52. The zero-order chi connectivity index (χ0) is 12.3. The number of hydrogen-bond donors (Lipinski definition) is 0. The molecule has 1 aromatic heterocycles. The summed E-state index contributed by atoms with van der Waals surface area (Å²) in [6.07, 6.45) is -2.39. The van der Waals surface area contributed by atoms with E-state index in [-0.39, 0.29) is 5.92 Å². The molecular formula is C10H14BrF3N2. The van der Waals surface area contributed by atoms with Crippen molar-refractivity contribution < 1.29 is 13.2 Å². The van der Waals surface area contributed by atoms with Crippen LogP contribution in [0.3, 0.4) is 0 Å². The minimum Gasteiger partial charge on any atom is -0.272 e. The molecule has 0 radical (unpaired) electrons. The summed E-state index contributed by atoms with van der Waals surface area (Å²) in [4.78, 5) is 0. The maximum absolute atomic E-state index is 12.3. The second kappa shape index (κ2) is 5.21. The maximum Gasteiger partial charge on any atom is 0.419 e. The number of alkyl halides is 4. The Bertz CT molecular complexity index is 333. The molecule has 0 bridgehead atoms. The molecule has 6 heteroatoms. The summed E-state index contributed by atoms with van der Waals surface area (Å²) in [5, 5.41) is 4.48. The van der Waals surface area contributed by atoms with E-state index in [4.69, 9.17) is 0 Å². The quantitative estimate of drug-likeness (QED) is 0.777. The molecule has 0 spiro atoms. The van der Waals surface area contributed by atoms with Gasteiger partial charge in [-0.25, -0.2) is 0 Å². The van der Waals surface area contributed by atoms with Gasteiger partial charge in [-0.15, -0.1) is 0 Å². The molecule has 0 aliphatic heterocycles. The van der Waals surface area contributed by atoms with E-state index in [1.807, 2.05) is 13.8 Å². The summed E-state index contributed by atoms with van der Waals surface area (Å²) in [5.41, 5.74) is -0.690. The van der Waals surface area contributed by atoms with Gasteiger partial charge >= 0.3 is 6.18 Å². The molecular weight excluding hydrogens is 285 g/mol. The Morgan fingerprint density at radius 1 is 1.44 bits per heavy atom. The van der Waals surface area contributed by atoms with Gasteiger partial charge in [0.25, 0.3) is 0 Å². The number of halogens is 4. The predicted octanol–water partition coefficient (Wildman–Crippen LogP) is 3.57. The lowest BCUT2D eigenvalue weighted by atomic mass is 9.98. The molecule has 0 amide bonds. The summed E-state index contributed by atoms with van der Waals surface area (Å²) in [7, 11) is 0. The summed E-state index contributed by atoms with van der Waals surface area (Å²) in [6, 6.07) is 0. The van der Waals surface area contributed by atoms with E-state index in [0.717, 1.165) is 17.7 Å². The molecule has 0 saturated heterocycles. The molecule has 1 aromatic rings. The molecule has 0 aromatic carbocycles. The lowest BCUT2D eigenvalue weighted by Crippen LogP contribution is -2.18. The van der Waals surface area contributed by atoms with Gasteiger partial charge in [-0.05, 0) is 11.8 Å². The molecule has 1 rings (SSSR count). The van der Waals surface area contributed by atoms with Crippen molar-refractivity contribution in [2.75, 3.05) is 5.33 Å². The highest BCUT2D eigenvalue weighted by Crippen LogP contribution is 2.28. The first kappa shape index (κ1) is 13.5. The van der Waals surface area contributed by atoms with E-state index in [1.54, 1.807) is 0 Å². The summed E-state index contributed by atoms with van der Waals surface area (Å²) in [5.74, 6) is 0.680. The van der Waals surface area contributed by atoms with Crippen molar-refractivity contribution in [3.8, 4) is 0 Å². The van der Waals surface area contributed by atoms with E-state index < -0.39 is 11.7 Å². The van der Waals surface area contributed by atoms with Crippen LogP contribution in [0.1, 0.15) is 19.4 Å². The van der Waals surface area contributed by atoms with E-state index in [2.05, 4.69) is 21.0 Å². The Labute approximate surface area is 101 Å². The predicted molar refractivity (Wildman–Crippen MR) is 59.4 cm³/mol. The van der Waals surface area contributed by atoms with E-state index in [0.29, 0.717) is 12.5 Å². The van der Waals surface area contributed by atoms with Crippen LogP contribution in [0.5, 0.6) is 0 Å². The summed E-state index contributed by atoms with van der Waals surface area (Å²) < 4.78 is 38.3. The fourth-order valence-corrected chi connectivity index (χ4v) is 2.24. The van der Waals surface area contributed by atoms with Crippen molar-refractivity contribution in [1.82, 2.24) is 9.78 Å². The van der Waals surface area contributed by atoms with Crippen molar-refractivity contribution in [2.45, 2.75) is 26.6 Å². The van der Waals surface area contributed by atoms with Crippen LogP contribution >= 0.6 is 15.9 Å².